The highest BCUT2D eigenvalue weighted by Crippen LogP contribution is 2.21. The maximum atomic E-state index is 12.2. The molecule has 0 bridgehead atoms. The second-order valence-corrected chi connectivity index (χ2v) is 6.59. The number of rotatable bonds is 5. The van der Waals surface area contributed by atoms with E-state index in [1.54, 1.807) is 19.2 Å². The Labute approximate surface area is 118 Å². The van der Waals surface area contributed by atoms with Gasteiger partial charge in [0.25, 0.3) is 0 Å². The van der Waals surface area contributed by atoms with Gasteiger partial charge >= 0.3 is 0 Å². The molecular formula is C12H17ClN2O3S. The molecule has 0 aromatic heterocycles. The molecular weight excluding hydrogens is 288 g/mol. The monoisotopic (exact) mass is 304 g/mol. The van der Waals surface area contributed by atoms with Crippen molar-refractivity contribution in [3.63, 3.8) is 0 Å². The summed E-state index contributed by atoms with van der Waals surface area (Å²) in [5, 5.41) is 3.51. The van der Waals surface area contributed by atoms with Gasteiger partial charge in [-0.25, -0.2) is 13.1 Å². The van der Waals surface area contributed by atoms with E-state index in [1.165, 1.54) is 6.07 Å². The molecule has 2 N–H and O–H groups in total. The van der Waals surface area contributed by atoms with Crippen LogP contribution in [0.4, 0.5) is 0 Å². The number of ether oxygens (including phenoxy) is 1. The quantitative estimate of drug-likeness (QED) is 0.856. The van der Waals surface area contributed by atoms with Gasteiger partial charge < -0.3 is 10.1 Å². The van der Waals surface area contributed by atoms with E-state index in [0.29, 0.717) is 31.2 Å². The SMILES string of the molecule is CNCc1cc(S(=O)(=O)NC2CCOC2)ccc1Cl. The smallest absolute Gasteiger partial charge is 0.240 e. The fourth-order valence-corrected chi connectivity index (χ4v) is 3.45. The van der Waals surface area contributed by atoms with Crippen LogP contribution in [0.5, 0.6) is 0 Å². The maximum Gasteiger partial charge on any atom is 0.240 e. The summed E-state index contributed by atoms with van der Waals surface area (Å²) in [5.74, 6) is 0. The van der Waals surface area contributed by atoms with Gasteiger partial charge in [-0.15, -0.1) is 0 Å². The molecule has 1 saturated heterocycles. The summed E-state index contributed by atoms with van der Waals surface area (Å²) >= 11 is 6.02. The first-order valence-corrected chi connectivity index (χ1v) is 7.92. The molecule has 1 fully saturated rings. The highest BCUT2D eigenvalue weighted by molar-refractivity contribution is 7.89. The zero-order valence-corrected chi connectivity index (χ0v) is 12.2. The molecule has 106 valence electrons. The van der Waals surface area contributed by atoms with Crippen molar-refractivity contribution < 1.29 is 13.2 Å². The Hall–Kier alpha value is -0.660. The summed E-state index contributed by atoms with van der Waals surface area (Å²) < 4.78 is 32.3. The second kappa shape index (κ2) is 6.19. The molecule has 1 aliphatic heterocycles. The van der Waals surface area contributed by atoms with Crippen LogP contribution < -0.4 is 10.0 Å². The van der Waals surface area contributed by atoms with Gasteiger partial charge in [0.1, 0.15) is 0 Å². The van der Waals surface area contributed by atoms with Crippen LogP contribution in [0.1, 0.15) is 12.0 Å². The first-order valence-electron chi connectivity index (χ1n) is 6.06. The molecule has 1 aromatic carbocycles. The highest BCUT2D eigenvalue weighted by atomic mass is 35.5. The van der Waals surface area contributed by atoms with E-state index in [9.17, 15) is 8.42 Å². The topological polar surface area (TPSA) is 67.4 Å². The molecule has 5 nitrogen and oxygen atoms in total. The van der Waals surface area contributed by atoms with Crippen molar-refractivity contribution in [1.82, 2.24) is 10.0 Å². The largest absolute Gasteiger partial charge is 0.380 e. The summed E-state index contributed by atoms with van der Waals surface area (Å²) in [6.07, 6.45) is 0.705. The summed E-state index contributed by atoms with van der Waals surface area (Å²) in [5.41, 5.74) is 0.759. The lowest BCUT2D eigenvalue weighted by Crippen LogP contribution is -2.35. The summed E-state index contributed by atoms with van der Waals surface area (Å²) in [6.45, 7) is 1.55. The third kappa shape index (κ3) is 3.67. The minimum absolute atomic E-state index is 0.145. The van der Waals surface area contributed by atoms with Crippen LogP contribution in [0, 0.1) is 0 Å². The van der Waals surface area contributed by atoms with Crippen molar-refractivity contribution in [3.05, 3.63) is 28.8 Å². The molecule has 19 heavy (non-hydrogen) atoms. The van der Waals surface area contributed by atoms with Crippen molar-refractivity contribution >= 4 is 21.6 Å². The number of hydrogen-bond donors (Lipinski definition) is 2. The van der Waals surface area contributed by atoms with Gasteiger partial charge in [-0.1, -0.05) is 11.6 Å². The summed E-state index contributed by atoms with van der Waals surface area (Å²) in [7, 11) is -1.73. The molecule has 7 heteroatoms. The third-order valence-electron chi connectivity index (χ3n) is 2.95. The van der Waals surface area contributed by atoms with Crippen LogP contribution in [0.3, 0.4) is 0 Å². The number of halogens is 1. The molecule has 0 saturated carbocycles. The zero-order valence-electron chi connectivity index (χ0n) is 10.6. The van der Waals surface area contributed by atoms with E-state index in [0.717, 1.165) is 5.56 Å². The van der Waals surface area contributed by atoms with Crippen molar-refractivity contribution in [2.24, 2.45) is 0 Å². The number of benzene rings is 1. The molecule has 0 spiro atoms. The molecule has 1 heterocycles. The zero-order chi connectivity index (χ0) is 13.9. The Bertz CT molecular complexity index is 542. The van der Waals surface area contributed by atoms with Crippen molar-refractivity contribution in [1.29, 1.82) is 0 Å². The molecule has 1 atom stereocenters. The second-order valence-electron chi connectivity index (χ2n) is 4.47. The fourth-order valence-electron chi connectivity index (χ4n) is 1.96. The molecule has 1 aromatic rings. The van der Waals surface area contributed by atoms with Crippen LogP contribution in [0.25, 0.3) is 0 Å². The average Bonchev–Trinajstić information content (AvgIpc) is 2.84. The van der Waals surface area contributed by atoms with E-state index < -0.39 is 10.0 Å². The lowest BCUT2D eigenvalue weighted by atomic mass is 10.2. The highest BCUT2D eigenvalue weighted by Gasteiger charge is 2.23. The molecule has 2 rings (SSSR count). The minimum Gasteiger partial charge on any atom is -0.380 e. The van der Waals surface area contributed by atoms with E-state index in [1.807, 2.05) is 0 Å². The van der Waals surface area contributed by atoms with Crippen LogP contribution in [0.2, 0.25) is 5.02 Å². The lowest BCUT2D eigenvalue weighted by Gasteiger charge is -2.13. The van der Waals surface area contributed by atoms with Crippen LogP contribution in [-0.4, -0.2) is 34.7 Å². The van der Waals surface area contributed by atoms with E-state index >= 15 is 0 Å². The number of sulfonamides is 1. The van der Waals surface area contributed by atoms with E-state index in [4.69, 9.17) is 16.3 Å². The Kier molecular flexibility index (Phi) is 4.81. The molecule has 1 aliphatic rings. The van der Waals surface area contributed by atoms with E-state index in [-0.39, 0.29) is 10.9 Å². The standard InChI is InChI=1S/C12H17ClN2O3S/c1-14-7-9-6-11(2-3-12(9)13)19(16,17)15-10-4-5-18-8-10/h2-3,6,10,14-15H,4-5,7-8H2,1H3. The van der Waals surface area contributed by atoms with Gasteiger partial charge in [-0.3, -0.25) is 0 Å². The first-order chi connectivity index (χ1) is 9.03. The minimum atomic E-state index is -3.52. The Balaban J connectivity index is 2.21. The van der Waals surface area contributed by atoms with Gasteiger partial charge in [0.05, 0.1) is 11.5 Å². The molecule has 0 aliphatic carbocycles. The fraction of sp³-hybridized carbons (Fsp3) is 0.500. The number of hydrogen-bond acceptors (Lipinski definition) is 4. The molecule has 1 unspecified atom stereocenters. The van der Waals surface area contributed by atoms with Gasteiger partial charge in [0.15, 0.2) is 0 Å². The lowest BCUT2D eigenvalue weighted by molar-refractivity contribution is 0.192. The average molecular weight is 305 g/mol. The van der Waals surface area contributed by atoms with Crippen molar-refractivity contribution in [2.45, 2.75) is 23.9 Å². The predicted octanol–water partition coefficient (Wildman–Crippen LogP) is 1.13. The normalized spacial score (nSPS) is 19.8. The van der Waals surface area contributed by atoms with Gasteiger partial charge in [-0.2, -0.15) is 0 Å². The van der Waals surface area contributed by atoms with Gasteiger partial charge in [-0.05, 0) is 37.2 Å². The summed E-state index contributed by atoms with van der Waals surface area (Å²) in [6, 6.07) is 4.57. The predicted molar refractivity (Wildman–Crippen MR) is 73.8 cm³/mol. The van der Waals surface area contributed by atoms with Crippen LogP contribution in [-0.2, 0) is 21.3 Å². The number of nitrogens with one attached hydrogen (secondary N) is 2. The van der Waals surface area contributed by atoms with Gasteiger partial charge in [0.2, 0.25) is 10.0 Å². The third-order valence-corrected chi connectivity index (χ3v) is 4.83. The Morgan fingerprint density at radius 1 is 1.47 bits per heavy atom. The van der Waals surface area contributed by atoms with Crippen LogP contribution >= 0.6 is 11.6 Å². The molecule has 0 radical (unpaired) electrons. The first kappa shape index (κ1) is 14.7. The van der Waals surface area contributed by atoms with Crippen molar-refractivity contribution in [3.8, 4) is 0 Å². The Morgan fingerprint density at radius 2 is 2.26 bits per heavy atom. The van der Waals surface area contributed by atoms with E-state index in [2.05, 4.69) is 10.0 Å². The molecule has 0 amide bonds. The summed E-state index contributed by atoms with van der Waals surface area (Å²) in [4.78, 5) is 0.231. The Morgan fingerprint density at radius 3 is 2.89 bits per heavy atom. The van der Waals surface area contributed by atoms with Crippen molar-refractivity contribution in [2.75, 3.05) is 20.3 Å². The van der Waals surface area contributed by atoms with Gasteiger partial charge in [0, 0.05) is 24.2 Å². The van der Waals surface area contributed by atoms with Crippen LogP contribution in [0.15, 0.2) is 23.1 Å². The maximum absolute atomic E-state index is 12.2.